The Balaban J connectivity index is 1.34. The van der Waals surface area contributed by atoms with E-state index in [0.29, 0.717) is 0 Å². The summed E-state index contributed by atoms with van der Waals surface area (Å²) >= 11 is 1.43. The first-order valence-electron chi connectivity index (χ1n) is 12.1. The summed E-state index contributed by atoms with van der Waals surface area (Å²) in [7, 11) is 0. The molecule has 1 aromatic heterocycles. The normalized spacial score (nSPS) is 14.4. The number of aromatic nitrogens is 3. The van der Waals surface area contributed by atoms with Gasteiger partial charge in [0.15, 0.2) is 11.0 Å². The van der Waals surface area contributed by atoms with Crippen molar-refractivity contribution < 1.29 is 4.79 Å². The molecule has 0 radical (unpaired) electrons. The minimum absolute atomic E-state index is 0.0440. The fourth-order valence-electron chi connectivity index (χ4n) is 4.22. The number of hydrogen-bond acceptors (Lipinski definition) is 6. The molecule has 8 heteroatoms. The fourth-order valence-corrected chi connectivity index (χ4v) is 4.99. The molecule has 0 bridgehead atoms. The number of amides is 1. The summed E-state index contributed by atoms with van der Waals surface area (Å²) in [5.41, 5.74) is 4.26. The van der Waals surface area contributed by atoms with Crippen molar-refractivity contribution in [1.82, 2.24) is 19.7 Å². The maximum Gasteiger partial charge on any atom is 0.234 e. The standard InChI is InChI=1S/C26H34N6OS/c1-4-13-32-25(21-8-6-7-20(3)18-21)28-29-26(32)34-19-24(33)27-22-9-11-23(12-10-22)31-16-14-30(5-2)15-17-31/h6-12,18H,4-5,13-17,19H2,1-3H3,(H,27,33). The summed E-state index contributed by atoms with van der Waals surface area (Å²) in [6, 6.07) is 16.4. The van der Waals surface area contributed by atoms with E-state index < -0.39 is 0 Å². The van der Waals surface area contributed by atoms with Crippen molar-refractivity contribution in [2.75, 3.05) is 48.7 Å². The maximum atomic E-state index is 12.6. The Hall–Kier alpha value is -2.84. The van der Waals surface area contributed by atoms with E-state index in [-0.39, 0.29) is 11.7 Å². The molecule has 34 heavy (non-hydrogen) atoms. The third kappa shape index (κ3) is 5.98. The zero-order chi connectivity index (χ0) is 23.9. The number of aryl methyl sites for hydroxylation is 1. The van der Waals surface area contributed by atoms with Crippen molar-refractivity contribution in [3.05, 3.63) is 54.1 Å². The molecular formula is C26H34N6OS. The van der Waals surface area contributed by atoms with Crippen LogP contribution in [0.2, 0.25) is 0 Å². The molecule has 0 unspecified atom stereocenters. The lowest BCUT2D eigenvalue weighted by molar-refractivity contribution is -0.113. The first-order valence-corrected chi connectivity index (χ1v) is 13.1. The van der Waals surface area contributed by atoms with Gasteiger partial charge < -0.3 is 19.7 Å². The van der Waals surface area contributed by atoms with Crippen LogP contribution in [0.25, 0.3) is 11.4 Å². The second kappa shape index (κ2) is 11.5. The third-order valence-corrected chi connectivity index (χ3v) is 7.08. The Morgan fingerprint density at radius 3 is 2.47 bits per heavy atom. The van der Waals surface area contributed by atoms with Crippen molar-refractivity contribution >= 4 is 29.0 Å². The van der Waals surface area contributed by atoms with Crippen LogP contribution in [0.3, 0.4) is 0 Å². The lowest BCUT2D eigenvalue weighted by Gasteiger charge is -2.35. The van der Waals surface area contributed by atoms with Crippen molar-refractivity contribution in [3.63, 3.8) is 0 Å². The Morgan fingerprint density at radius 2 is 1.79 bits per heavy atom. The summed E-state index contributed by atoms with van der Waals surface area (Å²) in [4.78, 5) is 17.5. The van der Waals surface area contributed by atoms with Crippen LogP contribution in [-0.4, -0.2) is 64.0 Å². The number of carbonyl (C=O) groups excluding carboxylic acids is 1. The Kier molecular flexibility index (Phi) is 8.24. The SMILES string of the molecule is CCCn1c(SCC(=O)Nc2ccc(N3CCN(CC)CC3)cc2)nnc1-c1cccc(C)c1. The summed E-state index contributed by atoms with van der Waals surface area (Å²) < 4.78 is 2.11. The van der Waals surface area contributed by atoms with Crippen molar-refractivity contribution in [3.8, 4) is 11.4 Å². The number of thioether (sulfide) groups is 1. The number of piperazine rings is 1. The van der Waals surface area contributed by atoms with E-state index in [0.717, 1.165) is 67.9 Å². The quantitative estimate of drug-likeness (QED) is 0.456. The molecule has 1 aliphatic heterocycles. The highest BCUT2D eigenvalue weighted by Gasteiger charge is 2.17. The molecule has 1 N–H and O–H groups in total. The van der Waals surface area contributed by atoms with Crippen LogP contribution < -0.4 is 10.2 Å². The van der Waals surface area contributed by atoms with Crippen molar-refractivity contribution in [2.45, 2.75) is 38.9 Å². The molecule has 0 spiro atoms. The Morgan fingerprint density at radius 1 is 1.03 bits per heavy atom. The topological polar surface area (TPSA) is 66.3 Å². The molecule has 7 nitrogen and oxygen atoms in total. The van der Waals surface area contributed by atoms with Crippen LogP contribution in [0.5, 0.6) is 0 Å². The molecule has 0 aliphatic carbocycles. The number of carbonyl (C=O) groups is 1. The van der Waals surface area contributed by atoms with E-state index in [4.69, 9.17) is 0 Å². The second-order valence-electron chi connectivity index (χ2n) is 8.63. The van der Waals surface area contributed by atoms with Crippen LogP contribution in [0.15, 0.2) is 53.7 Å². The molecular weight excluding hydrogens is 444 g/mol. The van der Waals surface area contributed by atoms with Gasteiger partial charge in [-0.05, 0) is 50.2 Å². The van der Waals surface area contributed by atoms with Gasteiger partial charge in [-0.1, -0.05) is 49.4 Å². The maximum absolute atomic E-state index is 12.6. The number of rotatable bonds is 9. The van der Waals surface area contributed by atoms with Gasteiger partial charge in [0, 0.05) is 49.7 Å². The van der Waals surface area contributed by atoms with Gasteiger partial charge in [0.2, 0.25) is 5.91 Å². The minimum atomic E-state index is -0.0440. The van der Waals surface area contributed by atoms with Gasteiger partial charge in [0.05, 0.1) is 5.75 Å². The summed E-state index contributed by atoms with van der Waals surface area (Å²) in [5, 5.41) is 12.6. The van der Waals surface area contributed by atoms with E-state index in [2.05, 4.69) is 81.0 Å². The molecule has 1 amide bonds. The van der Waals surface area contributed by atoms with Gasteiger partial charge in [-0.3, -0.25) is 4.79 Å². The highest BCUT2D eigenvalue weighted by atomic mass is 32.2. The van der Waals surface area contributed by atoms with E-state index in [1.54, 1.807) is 0 Å². The summed E-state index contributed by atoms with van der Waals surface area (Å²) in [6.45, 7) is 12.6. The Labute approximate surface area is 206 Å². The predicted molar refractivity (Wildman–Crippen MR) is 141 cm³/mol. The van der Waals surface area contributed by atoms with E-state index in [1.165, 1.54) is 23.0 Å². The number of nitrogens with zero attached hydrogens (tertiary/aromatic N) is 5. The highest BCUT2D eigenvalue weighted by molar-refractivity contribution is 7.99. The smallest absolute Gasteiger partial charge is 0.234 e. The zero-order valence-corrected chi connectivity index (χ0v) is 21.1. The zero-order valence-electron chi connectivity index (χ0n) is 20.3. The molecule has 1 aliphatic rings. The van der Waals surface area contributed by atoms with Gasteiger partial charge in [0.1, 0.15) is 0 Å². The van der Waals surface area contributed by atoms with Gasteiger partial charge in [0.25, 0.3) is 0 Å². The van der Waals surface area contributed by atoms with E-state index >= 15 is 0 Å². The van der Waals surface area contributed by atoms with Crippen molar-refractivity contribution in [2.24, 2.45) is 0 Å². The third-order valence-electron chi connectivity index (χ3n) is 6.11. The highest BCUT2D eigenvalue weighted by Crippen LogP contribution is 2.25. The van der Waals surface area contributed by atoms with Crippen LogP contribution in [0.4, 0.5) is 11.4 Å². The van der Waals surface area contributed by atoms with Crippen molar-refractivity contribution in [1.29, 1.82) is 0 Å². The molecule has 180 valence electrons. The first-order chi connectivity index (χ1) is 16.6. The molecule has 0 saturated carbocycles. The van der Waals surface area contributed by atoms with Gasteiger partial charge in [-0.2, -0.15) is 0 Å². The molecule has 1 saturated heterocycles. The number of likely N-dealkylation sites (N-methyl/N-ethyl adjacent to an activating group) is 1. The van der Waals surface area contributed by atoms with E-state index in [1.807, 2.05) is 18.2 Å². The molecule has 2 aromatic carbocycles. The van der Waals surface area contributed by atoms with Gasteiger partial charge >= 0.3 is 0 Å². The lowest BCUT2D eigenvalue weighted by atomic mass is 10.1. The first kappa shape index (κ1) is 24.3. The predicted octanol–water partition coefficient (Wildman–Crippen LogP) is 4.54. The van der Waals surface area contributed by atoms with Gasteiger partial charge in [-0.15, -0.1) is 10.2 Å². The molecule has 3 aromatic rings. The summed E-state index contributed by atoms with van der Waals surface area (Å²) in [5.74, 6) is 1.09. The summed E-state index contributed by atoms with van der Waals surface area (Å²) in [6.07, 6.45) is 0.969. The molecule has 4 rings (SSSR count). The number of nitrogens with one attached hydrogen (secondary N) is 1. The number of anilines is 2. The number of hydrogen-bond donors (Lipinski definition) is 1. The molecule has 1 fully saturated rings. The minimum Gasteiger partial charge on any atom is -0.369 e. The number of benzene rings is 2. The Bertz CT molecular complexity index is 1090. The van der Waals surface area contributed by atoms with Gasteiger partial charge in [-0.25, -0.2) is 0 Å². The van der Waals surface area contributed by atoms with Crippen LogP contribution in [0.1, 0.15) is 25.8 Å². The average Bonchev–Trinajstić information content (AvgIpc) is 3.26. The van der Waals surface area contributed by atoms with Crippen LogP contribution in [0, 0.1) is 6.92 Å². The second-order valence-corrected chi connectivity index (χ2v) is 9.57. The molecule has 0 atom stereocenters. The average molecular weight is 479 g/mol. The van der Waals surface area contributed by atoms with Crippen LogP contribution in [-0.2, 0) is 11.3 Å². The largest absolute Gasteiger partial charge is 0.369 e. The lowest BCUT2D eigenvalue weighted by Crippen LogP contribution is -2.46. The van der Waals surface area contributed by atoms with E-state index in [9.17, 15) is 4.79 Å². The monoisotopic (exact) mass is 478 g/mol. The fraction of sp³-hybridized carbons (Fsp3) is 0.423. The molecule has 2 heterocycles. The van der Waals surface area contributed by atoms with Crippen LogP contribution >= 0.6 is 11.8 Å².